The number of ether oxygens (including phenoxy) is 2. The number of rotatable bonds is 9. The quantitative estimate of drug-likeness (QED) is 0.624. The SMILES string of the molecule is CCC(CC)N1CC(C(=O)Nc2cc(C(F)(F)F)ccc2OCCOC)CC1=O. The number of alkyl halides is 3. The Labute approximate surface area is 168 Å². The average Bonchev–Trinajstić information content (AvgIpc) is 3.05. The van der Waals surface area contributed by atoms with Gasteiger partial charge in [0.2, 0.25) is 11.8 Å². The van der Waals surface area contributed by atoms with Crippen LogP contribution in [0.25, 0.3) is 0 Å². The number of carbonyl (C=O) groups excluding carboxylic acids is 2. The molecule has 1 aromatic carbocycles. The van der Waals surface area contributed by atoms with Gasteiger partial charge in [-0.05, 0) is 31.0 Å². The van der Waals surface area contributed by atoms with Crippen molar-refractivity contribution >= 4 is 17.5 Å². The molecule has 9 heteroatoms. The summed E-state index contributed by atoms with van der Waals surface area (Å²) in [6.45, 7) is 4.57. The summed E-state index contributed by atoms with van der Waals surface area (Å²) in [6.07, 6.45) is -2.95. The third-order valence-electron chi connectivity index (χ3n) is 5.02. The van der Waals surface area contributed by atoms with Crippen LogP contribution in [0.3, 0.4) is 0 Å². The van der Waals surface area contributed by atoms with Crippen LogP contribution in [-0.4, -0.2) is 49.6 Å². The lowest BCUT2D eigenvalue weighted by molar-refractivity contribution is -0.137. The third kappa shape index (κ3) is 5.85. The Hall–Kier alpha value is -2.29. The molecule has 1 aliphatic heterocycles. The van der Waals surface area contributed by atoms with E-state index in [0.717, 1.165) is 25.0 Å². The Morgan fingerprint density at radius 1 is 1.28 bits per heavy atom. The molecule has 1 fully saturated rings. The Kier molecular flexibility index (Phi) is 7.89. The first-order valence-corrected chi connectivity index (χ1v) is 9.64. The smallest absolute Gasteiger partial charge is 0.416 e. The molecule has 1 aromatic rings. The van der Waals surface area contributed by atoms with Crippen molar-refractivity contribution in [1.29, 1.82) is 0 Å². The molecule has 1 unspecified atom stereocenters. The van der Waals surface area contributed by atoms with Gasteiger partial charge in [-0.25, -0.2) is 0 Å². The van der Waals surface area contributed by atoms with E-state index in [9.17, 15) is 22.8 Å². The van der Waals surface area contributed by atoms with Gasteiger partial charge in [0, 0.05) is 26.1 Å². The minimum absolute atomic E-state index is 0.0428. The van der Waals surface area contributed by atoms with Crippen LogP contribution in [0.5, 0.6) is 5.75 Å². The third-order valence-corrected chi connectivity index (χ3v) is 5.02. The van der Waals surface area contributed by atoms with Gasteiger partial charge in [-0.2, -0.15) is 13.2 Å². The molecule has 0 aromatic heterocycles. The van der Waals surface area contributed by atoms with E-state index in [1.807, 2.05) is 13.8 Å². The van der Waals surface area contributed by atoms with E-state index in [1.54, 1.807) is 4.90 Å². The summed E-state index contributed by atoms with van der Waals surface area (Å²) < 4.78 is 49.6. The Balaban J connectivity index is 2.18. The number of hydrogen-bond donors (Lipinski definition) is 1. The molecule has 0 saturated carbocycles. The van der Waals surface area contributed by atoms with Gasteiger partial charge in [0.1, 0.15) is 12.4 Å². The van der Waals surface area contributed by atoms with Gasteiger partial charge < -0.3 is 19.7 Å². The van der Waals surface area contributed by atoms with Crippen LogP contribution < -0.4 is 10.1 Å². The number of methoxy groups -OCH3 is 1. The maximum Gasteiger partial charge on any atom is 0.416 e. The zero-order chi connectivity index (χ0) is 21.6. The van der Waals surface area contributed by atoms with Crippen molar-refractivity contribution in [2.75, 3.05) is 32.2 Å². The summed E-state index contributed by atoms with van der Waals surface area (Å²) in [6, 6.07) is 2.97. The van der Waals surface area contributed by atoms with E-state index < -0.39 is 23.6 Å². The first-order valence-electron chi connectivity index (χ1n) is 9.64. The van der Waals surface area contributed by atoms with Gasteiger partial charge in [-0.3, -0.25) is 9.59 Å². The number of anilines is 1. The van der Waals surface area contributed by atoms with Crippen LogP contribution in [-0.2, 0) is 20.5 Å². The summed E-state index contributed by atoms with van der Waals surface area (Å²) in [7, 11) is 1.47. The fraction of sp³-hybridized carbons (Fsp3) is 0.600. The molecule has 162 valence electrons. The van der Waals surface area contributed by atoms with E-state index in [0.29, 0.717) is 0 Å². The van der Waals surface area contributed by atoms with Crippen LogP contribution in [0, 0.1) is 5.92 Å². The number of nitrogens with zero attached hydrogens (tertiary/aromatic N) is 1. The minimum Gasteiger partial charge on any atom is -0.489 e. The molecule has 2 rings (SSSR count). The van der Waals surface area contributed by atoms with Crippen molar-refractivity contribution in [3.05, 3.63) is 23.8 Å². The number of benzene rings is 1. The summed E-state index contributed by atoms with van der Waals surface area (Å²) >= 11 is 0. The van der Waals surface area contributed by atoms with Crippen LogP contribution in [0.1, 0.15) is 38.7 Å². The molecule has 1 saturated heterocycles. The van der Waals surface area contributed by atoms with Gasteiger partial charge >= 0.3 is 6.18 Å². The molecule has 1 heterocycles. The van der Waals surface area contributed by atoms with Gasteiger partial charge in [-0.1, -0.05) is 13.8 Å². The van der Waals surface area contributed by atoms with Gasteiger partial charge in [0.05, 0.1) is 23.8 Å². The maximum absolute atomic E-state index is 13.1. The van der Waals surface area contributed by atoms with Crippen molar-refractivity contribution in [3.63, 3.8) is 0 Å². The first kappa shape index (κ1) is 23.0. The summed E-state index contributed by atoms with van der Waals surface area (Å²) in [5.74, 6) is -1.11. The molecule has 29 heavy (non-hydrogen) atoms. The van der Waals surface area contributed by atoms with Gasteiger partial charge in [0.25, 0.3) is 0 Å². The fourth-order valence-corrected chi connectivity index (χ4v) is 3.39. The number of likely N-dealkylation sites (tertiary alicyclic amines) is 1. The zero-order valence-corrected chi connectivity index (χ0v) is 16.8. The van der Waals surface area contributed by atoms with Crippen molar-refractivity contribution in [1.82, 2.24) is 4.90 Å². The summed E-state index contributed by atoms with van der Waals surface area (Å²) in [4.78, 5) is 26.7. The van der Waals surface area contributed by atoms with Crippen molar-refractivity contribution in [3.8, 4) is 5.75 Å². The summed E-state index contributed by atoms with van der Waals surface area (Å²) in [5, 5.41) is 2.52. The van der Waals surface area contributed by atoms with E-state index in [1.165, 1.54) is 13.2 Å². The molecule has 0 aliphatic carbocycles. The predicted octanol–water partition coefficient (Wildman–Crippen LogP) is 3.71. The van der Waals surface area contributed by atoms with Crippen molar-refractivity contribution < 1.29 is 32.2 Å². The van der Waals surface area contributed by atoms with E-state index in [2.05, 4.69) is 5.32 Å². The second-order valence-corrected chi connectivity index (χ2v) is 6.96. The highest BCUT2D eigenvalue weighted by atomic mass is 19.4. The number of nitrogens with one attached hydrogen (secondary N) is 1. The molecule has 2 amide bonds. The monoisotopic (exact) mass is 416 g/mol. The van der Waals surface area contributed by atoms with Crippen molar-refractivity contribution in [2.24, 2.45) is 5.92 Å². The highest BCUT2D eigenvalue weighted by molar-refractivity contribution is 5.98. The molecule has 1 atom stereocenters. The Bertz CT molecular complexity index is 720. The number of halogens is 3. The molecule has 6 nitrogen and oxygen atoms in total. The highest BCUT2D eigenvalue weighted by Gasteiger charge is 2.37. The molecule has 0 bridgehead atoms. The van der Waals surface area contributed by atoms with E-state index in [-0.39, 0.29) is 49.6 Å². The van der Waals surface area contributed by atoms with Gasteiger partial charge in [0.15, 0.2) is 0 Å². The lowest BCUT2D eigenvalue weighted by atomic mass is 10.1. The summed E-state index contributed by atoms with van der Waals surface area (Å²) in [5.41, 5.74) is -0.970. The highest BCUT2D eigenvalue weighted by Crippen LogP contribution is 2.35. The number of carbonyl (C=O) groups is 2. The molecule has 0 spiro atoms. The Morgan fingerprint density at radius 2 is 1.97 bits per heavy atom. The largest absolute Gasteiger partial charge is 0.489 e. The molecular formula is C20H27F3N2O4. The van der Waals surface area contributed by atoms with E-state index >= 15 is 0 Å². The fourth-order valence-electron chi connectivity index (χ4n) is 3.39. The zero-order valence-electron chi connectivity index (χ0n) is 16.8. The van der Waals surface area contributed by atoms with Gasteiger partial charge in [-0.15, -0.1) is 0 Å². The standard InChI is InChI=1S/C20H27F3N2O4/c1-4-15(5-2)25-12-13(10-18(25)26)19(27)24-16-11-14(20(21,22)23)6-7-17(16)29-9-8-28-3/h6-7,11,13,15H,4-5,8-10,12H2,1-3H3,(H,24,27). The molecule has 1 N–H and O–H groups in total. The average molecular weight is 416 g/mol. The lowest BCUT2D eigenvalue weighted by Gasteiger charge is -2.26. The van der Waals surface area contributed by atoms with Crippen LogP contribution in [0.15, 0.2) is 18.2 Å². The van der Waals surface area contributed by atoms with Crippen molar-refractivity contribution in [2.45, 2.75) is 45.3 Å². The normalized spacial score (nSPS) is 17.1. The van der Waals surface area contributed by atoms with E-state index in [4.69, 9.17) is 9.47 Å². The second kappa shape index (κ2) is 9.96. The van der Waals surface area contributed by atoms with Crippen LogP contribution >= 0.6 is 0 Å². The minimum atomic E-state index is -4.56. The predicted molar refractivity (Wildman–Crippen MR) is 102 cm³/mol. The Morgan fingerprint density at radius 3 is 2.55 bits per heavy atom. The molecule has 1 aliphatic rings. The molecule has 0 radical (unpaired) electrons. The topological polar surface area (TPSA) is 67.9 Å². The maximum atomic E-state index is 13.1. The van der Waals surface area contributed by atoms with Crippen LogP contribution in [0.4, 0.5) is 18.9 Å². The van der Waals surface area contributed by atoms with Crippen LogP contribution in [0.2, 0.25) is 0 Å². The number of amides is 2. The second-order valence-electron chi connectivity index (χ2n) is 6.96. The first-order chi connectivity index (χ1) is 13.7. The lowest BCUT2D eigenvalue weighted by Crippen LogP contribution is -2.36. The number of hydrogen-bond acceptors (Lipinski definition) is 4. The molecular weight excluding hydrogens is 389 g/mol.